The molecule has 0 aliphatic heterocycles. The van der Waals surface area contributed by atoms with E-state index in [0.29, 0.717) is 21.7 Å². The molecule has 1 aliphatic rings. The van der Waals surface area contributed by atoms with Crippen LogP contribution in [0.25, 0.3) is 0 Å². The molecule has 3 heteroatoms. The molecule has 2 aromatic rings. The van der Waals surface area contributed by atoms with E-state index in [-0.39, 0.29) is 17.1 Å². The fourth-order valence-corrected chi connectivity index (χ4v) is 2.15. The molecule has 0 unspecified atom stereocenters. The Kier molecular flexibility index (Phi) is 2.13. The van der Waals surface area contributed by atoms with Crippen molar-refractivity contribution < 1.29 is 9.59 Å². The Morgan fingerprint density at radius 3 is 2.18 bits per heavy atom. The van der Waals surface area contributed by atoms with E-state index < -0.39 is 0 Å². The van der Waals surface area contributed by atoms with Gasteiger partial charge in [-0.2, -0.15) is 0 Å². The molecular formula is C14H6ClO2. The molecule has 0 amide bonds. The van der Waals surface area contributed by atoms with E-state index in [1.54, 1.807) is 36.4 Å². The zero-order valence-electron chi connectivity index (χ0n) is 8.66. The summed E-state index contributed by atoms with van der Waals surface area (Å²) in [5.41, 5.74) is 1.50. The van der Waals surface area contributed by atoms with Crippen LogP contribution in [0.3, 0.4) is 0 Å². The fourth-order valence-electron chi connectivity index (χ4n) is 2.00. The summed E-state index contributed by atoms with van der Waals surface area (Å²) in [4.78, 5) is 24.3. The molecule has 3 rings (SSSR count). The predicted molar refractivity (Wildman–Crippen MR) is 63.6 cm³/mol. The van der Waals surface area contributed by atoms with E-state index in [1.165, 1.54) is 0 Å². The molecule has 0 bridgehead atoms. The monoisotopic (exact) mass is 241 g/mol. The smallest absolute Gasteiger partial charge is 0.195 e. The van der Waals surface area contributed by atoms with E-state index in [1.807, 2.05) is 0 Å². The highest BCUT2D eigenvalue weighted by Gasteiger charge is 2.29. The van der Waals surface area contributed by atoms with Crippen LogP contribution >= 0.6 is 11.6 Å². The number of carbonyl (C=O) groups excluding carboxylic acids is 2. The van der Waals surface area contributed by atoms with Gasteiger partial charge in [0.1, 0.15) is 0 Å². The molecule has 0 atom stereocenters. The molecule has 0 heterocycles. The summed E-state index contributed by atoms with van der Waals surface area (Å²) in [5.74, 6) is -0.346. The summed E-state index contributed by atoms with van der Waals surface area (Å²) in [6, 6.07) is 12.7. The van der Waals surface area contributed by atoms with Crippen LogP contribution in [0.1, 0.15) is 31.8 Å². The van der Waals surface area contributed by atoms with E-state index in [9.17, 15) is 9.59 Å². The lowest BCUT2D eigenvalue weighted by Gasteiger charge is -2.16. The van der Waals surface area contributed by atoms with Gasteiger partial charge in [-0.15, -0.1) is 0 Å². The maximum atomic E-state index is 12.2. The molecule has 1 radical (unpaired) electrons. The predicted octanol–water partition coefficient (Wildman–Crippen LogP) is 2.92. The molecule has 2 aromatic carbocycles. The molecule has 0 spiro atoms. The maximum Gasteiger partial charge on any atom is 0.195 e. The van der Waals surface area contributed by atoms with Crippen LogP contribution in [-0.2, 0) is 0 Å². The highest BCUT2D eigenvalue weighted by Crippen LogP contribution is 2.28. The highest BCUT2D eigenvalue weighted by molar-refractivity contribution is 6.33. The van der Waals surface area contributed by atoms with Gasteiger partial charge in [0, 0.05) is 33.3 Å². The van der Waals surface area contributed by atoms with Crippen molar-refractivity contribution in [3.05, 3.63) is 69.7 Å². The van der Waals surface area contributed by atoms with Gasteiger partial charge in [0.2, 0.25) is 0 Å². The lowest BCUT2D eigenvalue weighted by Crippen LogP contribution is -2.20. The summed E-state index contributed by atoms with van der Waals surface area (Å²) in [5, 5.41) is 0.337. The Hall–Kier alpha value is -1.93. The molecule has 0 saturated carbocycles. The standard InChI is InChI=1S/C14H6ClO2/c15-8-5-6-11-12(7-8)14(17)10-4-2-1-3-9(10)13(11)16/h1-6H. The molecule has 0 aromatic heterocycles. The summed E-state index contributed by atoms with van der Waals surface area (Å²) in [6.45, 7) is 0. The molecule has 0 saturated heterocycles. The quantitative estimate of drug-likeness (QED) is 0.606. The minimum absolute atomic E-state index is 0.150. The first-order chi connectivity index (χ1) is 8.18. The first-order valence-corrected chi connectivity index (χ1v) is 5.46. The van der Waals surface area contributed by atoms with Crippen LogP contribution in [0.5, 0.6) is 0 Å². The number of carbonyl (C=O) groups is 2. The van der Waals surface area contributed by atoms with Crippen molar-refractivity contribution in [2.24, 2.45) is 0 Å². The number of fused-ring (bicyclic) bond motifs is 2. The van der Waals surface area contributed by atoms with Gasteiger partial charge in [-0.3, -0.25) is 9.59 Å². The van der Waals surface area contributed by atoms with Gasteiger partial charge in [-0.25, -0.2) is 0 Å². The van der Waals surface area contributed by atoms with E-state index in [2.05, 4.69) is 6.07 Å². The van der Waals surface area contributed by atoms with Gasteiger partial charge >= 0.3 is 0 Å². The zero-order chi connectivity index (χ0) is 12.0. The number of halogens is 1. The molecule has 17 heavy (non-hydrogen) atoms. The van der Waals surface area contributed by atoms with Gasteiger partial charge in [0.05, 0.1) is 0 Å². The Labute approximate surface area is 103 Å². The lowest BCUT2D eigenvalue weighted by molar-refractivity contribution is 0.0979. The van der Waals surface area contributed by atoms with Crippen molar-refractivity contribution in [2.45, 2.75) is 0 Å². The van der Waals surface area contributed by atoms with Gasteiger partial charge in [-0.05, 0) is 12.1 Å². The average Bonchev–Trinajstić information content (AvgIpc) is 2.36. The van der Waals surface area contributed by atoms with Crippen LogP contribution in [0.4, 0.5) is 0 Å². The summed E-state index contributed by atoms with van der Waals surface area (Å²) in [7, 11) is 0. The molecule has 81 valence electrons. The van der Waals surface area contributed by atoms with E-state index >= 15 is 0 Å². The first kappa shape index (κ1) is 10.2. The number of benzene rings is 2. The Balaban J connectivity index is 2.33. The van der Waals surface area contributed by atoms with Crippen molar-refractivity contribution in [1.29, 1.82) is 0 Å². The average molecular weight is 242 g/mol. The largest absolute Gasteiger partial charge is 0.289 e. The SMILES string of the molecule is O=C1c2[c]c(Cl)ccc2C(=O)c2ccccc21. The molecular weight excluding hydrogens is 236 g/mol. The van der Waals surface area contributed by atoms with Crippen molar-refractivity contribution >= 4 is 23.2 Å². The Morgan fingerprint density at radius 1 is 0.824 bits per heavy atom. The second-order valence-corrected chi connectivity index (χ2v) is 4.21. The second-order valence-electron chi connectivity index (χ2n) is 3.80. The summed E-state index contributed by atoms with van der Waals surface area (Å²) < 4.78 is 0. The third-order valence-corrected chi connectivity index (χ3v) is 3.02. The lowest BCUT2D eigenvalue weighted by atomic mass is 9.84. The van der Waals surface area contributed by atoms with Crippen LogP contribution in [0.15, 0.2) is 36.4 Å². The van der Waals surface area contributed by atoms with Crippen molar-refractivity contribution in [3.63, 3.8) is 0 Å². The minimum atomic E-state index is -0.197. The van der Waals surface area contributed by atoms with Crippen LogP contribution in [0, 0.1) is 6.07 Å². The van der Waals surface area contributed by atoms with Crippen molar-refractivity contribution in [1.82, 2.24) is 0 Å². The second kappa shape index (κ2) is 3.54. The molecule has 0 fully saturated rings. The number of rotatable bonds is 0. The zero-order valence-corrected chi connectivity index (χ0v) is 9.41. The van der Waals surface area contributed by atoms with E-state index in [0.717, 1.165) is 0 Å². The summed E-state index contributed by atoms with van der Waals surface area (Å²) in [6.07, 6.45) is 0. The topological polar surface area (TPSA) is 34.1 Å². The third kappa shape index (κ3) is 1.41. The minimum Gasteiger partial charge on any atom is -0.289 e. The summed E-state index contributed by atoms with van der Waals surface area (Å²) >= 11 is 5.80. The third-order valence-electron chi connectivity index (χ3n) is 2.80. The maximum absolute atomic E-state index is 12.2. The highest BCUT2D eigenvalue weighted by atomic mass is 35.5. The molecule has 0 N–H and O–H groups in total. The number of ketones is 2. The van der Waals surface area contributed by atoms with Crippen LogP contribution in [0.2, 0.25) is 5.02 Å². The fraction of sp³-hybridized carbons (Fsp3) is 0. The number of hydrogen-bond acceptors (Lipinski definition) is 2. The van der Waals surface area contributed by atoms with Gasteiger partial charge < -0.3 is 0 Å². The normalized spacial score (nSPS) is 13.2. The van der Waals surface area contributed by atoms with Gasteiger partial charge in [-0.1, -0.05) is 35.9 Å². The molecule has 2 nitrogen and oxygen atoms in total. The van der Waals surface area contributed by atoms with Crippen LogP contribution in [-0.4, -0.2) is 11.6 Å². The van der Waals surface area contributed by atoms with Crippen molar-refractivity contribution in [2.75, 3.05) is 0 Å². The first-order valence-electron chi connectivity index (χ1n) is 5.09. The van der Waals surface area contributed by atoms with Gasteiger partial charge in [0.15, 0.2) is 11.6 Å². The van der Waals surface area contributed by atoms with E-state index in [4.69, 9.17) is 11.6 Å². The molecule has 1 aliphatic carbocycles. The van der Waals surface area contributed by atoms with Crippen LogP contribution < -0.4 is 0 Å². The van der Waals surface area contributed by atoms with Crippen molar-refractivity contribution in [3.8, 4) is 0 Å². The Morgan fingerprint density at radius 2 is 1.47 bits per heavy atom. The Bertz CT molecular complexity index is 659. The van der Waals surface area contributed by atoms with Gasteiger partial charge in [0.25, 0.3) is 0 Å². The number of hydrogen-bond donors (Lipinski definition) is 0.